The largest absolute Gasteiger partial charge is 0.378 e. The van der Waals surface area contributed by atoms with E-state index in [0.29, 0.717) is 32.1 Å². The summed E-state index contributed by atoms with van der Waals surface area (Å²) in [5.74, 6) is 0.824. The van der Waals surface area contributed by atoms with Gasteiger partial charge in [0, 0.05) is 24.1 Å². The Bertz CT molecular complexity index is 1340. The Morgan fingerprint density at radius 1 is 1.05 bits per heavy atom. The second kappa shape index (κ2) is 10.6. The molecule has 1 atom stereocenters. The van der Waals surface area contributed by atoms with Crippen LogP contribution in [0.5, 0.6) is 0 Å². The fraction of sp³-hybridized carbons (Fsp3) is 0.433. The average Bonchev–Trinajstić information content (AvgIpc) is 3.22. The molecule has 1 fully saturated rings. The number of hydrogen-bond acceptors (Lipinski definition) is 5. The predicted octanol–water partition coefficient (Wildman–Crippen LogP) is 4.81. The van der Waals surface area contributed by atoms with Crippen molar-refractivity contribution in [1.82, 2.24) is 14.7 Å². The molecule has 3 aromatic rings. The molecule has 1 aromatic heterocycles. The Morgan fingerprint density at radius 3 is 2.42 bits per heavy atom. The van der Waals surface area contributed by atoms with Crippen LogP contribution in [0, 0.1) is 13.8 Å². The van der Waals surface area contributed by atoms with E-state index < -0.39 is 0 Å². The summed E-state index contributed by atoms with van der Waals surface area (Å²) in [5.41, 5.74) is 5.98. The van der Waals surface area contributed by atoms with E-state index in [-0.39, 0.29) is 34.8 Å². The lowest BCUT2D eigenvalue weighted by molar-refractivity contribution is -0.134. The van der Waals surface area contributed by atoms with E-state index in [1.54, 1.807) is 21.6 Å². The van der Waals surface area contributed by atoms with Gasteiger partial charge in [0.15, 0.2) is 0 Å². The van der Waals surface area contributed by atoms with Crippen LogP contribution < -0.4 is 4.90 Å². The quantitative estimate of drug-likeness (QED) is 0.482. The van der Waals surface area contributed by atoms with E-state index in [1.807, 2.05) is 16.8 Å². The number of amides is 2. The lowest BCUT2D eigenvalue weighted by atomic mass is 9.87. The van der Waals surface area contributed by atoms with Gasteiger partial charge in [-0.25, -0.2) is 4.68 Å². The van der Waals surface area contributed by atoms with Crippen LogP contribution in [0.2, 0.25) is 0 Å². The van der Waals surface area contributed by atoms with Crippen molar-refractivity contribution >= 4 is 29.4 Å². The third-order valence-corrected chi connectivity index (χ3v) is 8.33. The molecule has 2 amide bonds. The van der Waals surface area contributed by atoms with E-state index in [2.05, 4.69) is 71.0 Å². The minimum Gasteiger partial charge on any atom is -0.378 e. The van der Waals surface area contributed by atoms with Gasteiger partial charge in [-0.3, -0.25) is 14.5 Å². The first kappa shape index (κ1) is 26.5. The molecule has 0 bridgehead atoms. The molecule has 0 saturated carbocycles. The fourth-order valence-electron chi connectivity index (χ4n) is 5.08. The zero-order chi connectivity index (χ0) is 27.0. The lowest BCUT2D eigenvalue weighted by Crippen LogP contribution is -2.48. The standard InChI is InChI=1S/C30H36N4O3S/c1-20-9-11-23(12-10-20)34-29-26(28(31-34)30(3,4)5)27(22-8-6-7-21(2)17-22)38-19-25(36)33(29)18-24(35)32-13-15-37-16-14-32/h6-12,17,27H,13-16,18-19H2,1-5H3/t27-/m0/s1. The summed E-state index contributed by atoms with van der Waals surface area (Å²) < 4.78 is 7.33. The Kier molecular flexibility index (Phi) is 7.38. The van der Waals surface area contributed by atoms with Crippen molar-refractivity contribution < 1.29 is 14.3 Å². The number of rotatable bonds is 4. The molecule has 3 heterocycles. The van der Waals surface area contributed by atoms with Crippen molar-refractivity contribution in [3.05, 3.63) is 76.5 Å². The topological polar surface area (TPSA) is 67.7 Å². The summed E-state index contributed by atoms with van der Waals surface area (Å²) in [6.07, 6.45) is 0. The zero-order valence-electron chi connectivity index (χ0n) is 22.9. The van der Waals surface area contributed by atoms with Crippen LogP contribution in [0.15, 0.2) is 48.5 Å². The highest BCUT2D eigenvalue weighted by Crippen LogP contribution is 2.48. The van der Waals surface area contributed by atoms with E-state index in [0.717, 1.165) is 28.1 Å². The van der Waals surface area contributed by atoms with Crippen LogP contribution in [0.4, 0.5) is 5.82 Å². The predicted molar refractivity (Wildman–Crippen MR) is 152 cm³/mol. The molecule has 0 spiro atoms. The number of benzene rings is 2. The van der Waals surface area contributed by atoms with Crippen LogP contribution in [0.3, 0.4) is 0 Å². The first-order chi connectivity index (χ1) is 18.1. The van der Waals surface area contributed by atoms with Gasteiger partial charge in [0.1, 0.15) is 12.4 Å². The van der Waals surface area contributed by atoms with E-state index >= 15 is 0 Å². The van der Waals surface area contributed by atoms with Crippen molar-refractivity contribution in [3.8, 4) is 5.69 Å². The minimum atomic E-state index is -0.282. The molecule has 2 aliphatic heterocycles. The monoisotopic (exact) mass is 532 g/mol. The van der Waals surface area contributed by atoms with Gasteiger partial charge in [-0.05, 0) is 31.5 Å². The van der Waals surface area contributed by atoms with Crippen LogP contribution in [-0.4, -0.2) is 65.1 Å². The van der Waals surface area contributed by atoms with E-state index in [9.17, 15) is 9.59 Å². The zero-order valence-corrected chi connectivity index (χ0v) is 23.7. The minimum absolute atomic E-state index is 0.0198. The molecule has 200 valence electrons. The SMILES string of the molecule is Cc1ccc(-n2nc(C(C)(C)C)c3c2N(CC(=O)N2CCOCC2)C(=O)CS[C@H]3c2cccc(C)c2)cc1. The smallest absolute Gasteiger partial charge is 0.242 e. The third kappa shape index (κ3) is 5.24. The molecule has 1 saturated heterocycles. The van der Waals surface area contributed by atoms with Gasteiger partial charge in [-0.15, -0.1) is 11.8 Å². The van der Waals surface area contributed by atoms with Crippen molar-refractivity contribution in [2.45, 2.75) is 45.3 Å². The summed E-state index contributed by atoms with van der Waals surface area (Å²) in [5, 5.41) is 5.08. The van der Waals surface area contributed by atoms with Gasteiger partial charge in [-0.1, -0.05) is 68.3 Å². The van der Waals surface area contributed by atoms with Gasteiger partial charge in [0.05, 0.1) is 35.6 Å². The number of carbonyl (C=O) groups excluding carboxylic acids is 2. The average molecular weight is 533 g/mol. The van der Waals surface area contributed by atoms with Crippen molar-refractivity contribution in [2.24, 2.45) is 0 Å². The van der Waals surface area contributed by atoms with Gasteiger partial charge in [-0.2, -0.15) is 5.10 Å². The third-order valence-electron chi connectivity index (χ3n) is 7.08. The normalized spacial score (nSPS) is 18.3. The van der Waals surface area contributed by atoms with Crippen LogP contribution in [-0.2, 0) is 19.7 Å². The molecule has 7 nitrogen and oxygen atoms in total. The van der Waals surface area contributed by atoms with E-state index in [4.69, 9.17) is 9.84 Å². The van der Waals surface area contributed by atoms with Gasteiger partial charge < -0.3 is 9.64 Å². The number of hydrogen-bond donors (Lipinski definition) is 0. The summed E-state index contributed by atoms with van der Waals surface area (Å²) in [6, 6.07) is 16.6. The first-order valence-electron chi connectivity index (χ1n) is 13.2. The molecule has 5 rings (SSSR count). The molecule has 2 aromatic carbocycles. The van der Waals surface area contributed by atoms with Gasteiger partial charge in [0.2, 0.25) is 11.8 Å². The molecule has 0 aliphatic carbocycles. The highest BCUT2D eigenvalue weighted by molar-refractivity contribution is 8.00. The van der Waals surface area contributed by atoms with Crippen molar-refractivity contribution in [3.63, 3.8) is 0 Å². The number of ether oxygens (including phenoxy) is 1. The molecular weight excluding hydrogens is 496 g/mol. The maximum absolute atomic E-state index is 13.8. The number of morpholine rings is 1. The second-order valence-electron chi connectivity index (χ2n) is 11.2. The number of fused-ring (bicyclic) bond motifs is 1. The fourth-order valence-corrected chi connectivity index (χ4v) is 6.27. The number of aromatic nitrogens is 2. The summed E-state index contributed by atoms with van der Waals surface area (Å²) in [6.45, 7) is 12.7. The maximum Gasteiger partial charge on any atom is 0.242 e. The van der Waals surface area contributed by atoms with Crippen molar-refractivity contribution in [2.75, 3.05) is 43.5 Å². The Labute approximate surface area is 229 Å². The van der Waals surface area contributed by atoms with Crippen LogP contribution in [0.25, 0.3) is 5.69 Å². The maximum atomic E-state index is 13.8. The number of nitrogens with zero attached hydrogens (tertiary/aromatic N) is 4. The van der Waals surface area contributed by atoms with E-state index in [1.165, 1.54) is 5.56 Å². The summed E-state index contributed by atoms with van der Waals surface area (Å²) >= 11 is 1.61. The first-order valence-corrected chi connectivity index (χ1v) is 14.2. The summed E-state index contributed by atoms with van der Waals surface area (Å²) in [7, 11) is 0. The Morgan fingerprint density at radius 2 is 1.76 bits per heavy atom. The highest BCUT2D eigenvalue weighted by atomic mass is 32.2. The van der Waals surface area contributed by atoms with Gasteiger partial charge in [0.25, 0.3) is 0 Å². The molecule has 0 radical (unpaired) electrons. The molecule has 0 unspecified atom stereocenters. The number of carbonyl (C=O) groups is 2. The number of anilines is 1. The molecule has 38 heavy (non-hydrogen) atoms. The molecule has 2 aliphatic rings. The number of thioether (sulfide) groups is 1. The van der Waals surface area contributed by atoms with Crippen LogP contribution >= 0.6 is 11.8 Å². The highest BCUT2D eigenvalue weighted by Gasteiger charge is 2.40. The van der Waals surface area contributed by atoms with Crippen LogP contribution in [0.1, 0.15) is 54.0 Å². The van der Waals surface area contributed by atoms with Gasteiger partial charge >= 0.3 is 0 Å². The lowest BCUT2D eigenvalue weighted by Gasteiger charge is -2.30. The molecule has 8 heteroatoms. The molecular formula is C30H36N4O3S. The second-order valence-corrected chi connectivity index (χ2v) is 12.3. The molecule has 0 N–H and O–H groups in total. The Balaban J connectivity index is 1.73. The number of aryl methyl sites for hydroxylation is 2. The summed E-state index contributed by atoms with van der Waals surface area (Å²) in [4.78, 5) is 30.7. The van der Waals surface area contributed by atoms with Crippen molar-refractivity contribution in [1.29, 1.82) is 0 Å². The Hall–Kier alpha value is -3.10.